The summed E-state index contributed by atoms with van der Waals surface area (Å²) in [5.41, 5.74) is 2.52. The predicted octanol–water partition coefficient (Wildman–Crippen LogP) is 2.30. The largest absolute Gasteiger partial charge is 0.316 e. The zero-order chi connectivity index (χ0) is 12.0. The monoisotopic (exact) mass is 223 g/mol. The maximum atomic E-state index is 4.35. The molecule has 0 aromatic carbocycles. The van der Waals surface area contributed by atoms with Crippen LogP contribution in [0.15, 0.2) is 6.20 Å². The van der Waals surface area contributed by atoms with E-state index in [4.69, 9.17) is 0 Å². The van der Waals surface area contributed by atoms with Crippen LogP contribution in [0.4, 0.5) is 0 Å². The second-order valence-corrected chi connectivity index (χ2v) is 4.55. The number of hydrogen-bond donors (Lipinski definition) is 1. The fourth-order valence-corrected chi connectivity index (χ4v) is 2.00. The van der Waals surface area contributed by atoms with Gasteiger partial charge in [-0.05, 0) is 37.9 Å². The van der Waals surface area contributed by atoms with Gasteiger partial charge in [-0.3, -0.25) is 4.68 Å². The summed E-state index contributed by atoms with van der Waals surface area (Å²) in [6.07, 6.45) is 5.75. The van der Waals surface area contributed by atoms with Crippen LogP contribution in [0.1, 0.15) is 37.9 Å². The average molecular weight is 223 g/mol. The summed E-state index contributed by atoms with van der Waals surface area (Å²) < 4.78 is 1.89. The highest BCUT2D eigenvalue weighted by atomic mass is 15.2. The van der Waals surface area contributed by atoms with E-state index in [0.29, 0.717) is 0 Å². The minimum Gasteiger partial charge on any atom is -0.316 e. The van der Waals surface area contributed by atoms with E-state index in [2.05, 4.69) is 37.4 Å². The van der Waals surface area contributed by atoms with Gasteiger partial charge in [-0.25, -0.2) is 0 Å². The molecule has 1 heterocycles. The van der Waals surface area contributed by atoms with Crippen LogP contribution >= 0.6 is 0 Å². The van der Waals surface area contributed by atoms with E-state index in [1.165, 1.54) is 18.4 Å². The molecule has 0 radical (unpaired) electrons. The number of nitrogens with one attached hydrogen (secondary N) is 1. The lowest BCUT2D eigenvalue weighted by Gasteiger charge is -2.12. The predicted molar refractivity (Wildman–Crippen MR) is 68.6 cm³/mol. The third-order valence-electron chi connectivity index (χ3n) is 3.27. The Morgan fingerprint density at radius 1 is 1.38 bits per heavy atom. The molecule has 1 rings (SSSR count). The molecule has 0 aliphatic rings. The van der Waals surface area contributed by atoms with Gasteiger partial charge in [0.05, 0.1) is 5.69 Å². The van der Waals surface area contributed by atoms with Crippen LogP contribution < -0.4 is 5.32 Å². The third-order valence-corrected chi connectivity index (χ3v) is 3.27. The molecular weight excluding hydrogens is 198 g/mol. The fraction of sp³-hybridized carbons (Fsp3) is 0.769. The fourth-order valence-electron chi connectivity index (χ4n) is 2.00. The topological polar surface area (TPSA) is 29.9 Å². The first-order valence-corrected chi connectivity index (χ1v) is 6.37. The van der Waals surface area contributed by atoms with E-state index in [1.807, 2.05) is 11.7 Å². The highest BCUT2D eigenvalue weighted by Gasteiger charge is 2.04. The summed E-state index contributed by atoms with van der Waals surface area (Å²) in [5.74, 6) is 0.829. The number of hydrogen-bond acceptors (Lipinski definition) is 2. The van der Waals surface area contributed by atoms with Crippen molar-refractivity contribution >= 4 is 0 Å². The van der Waals surface area contributed by atoms with Gasteiger partial charge in [0.2, 0.25) is 0 Å². The average Bonchev–Trinajstić information content (AvgIpc) is 2.58. The van der Waals surface area contributed by atoms with Crippen molar-refractivity contribution in [2.45, 2.75) is 40.0 Å². The minimum absolute atomic E-state index is 0.829. The van der Waals surface area contributed by atoms with Gasteiger partial charge in [-0.2, -0.15) is 5.10 Å². The van der Waals surface area contributed by atoms with Gasteiger partial charge >= 0.3 is 0 Å². The molecule has 0 saturated carbocycles. The number of rotatable bonds is 7. The quantitative estimate of drug-likeness (QED) is 0.719. The van der Waals surface area contributed by atoms with Crippen LogP contribution in [-0.2, 0) is 13.5 Å². The standard InChI is InChI=1S/C13H25N3/c1-5-12(6-2)9-14-8-7-13-10-16(4)15-11(13)3/h10,12,14H,5-9H2,1-4H3. The Morgan fingerprint density at radius 2 is 2.06 bits per heavy atom. The lowest BCUT2D eigenvalue weighted by Crippen LogP contribution is -2.24. The Hall–Kier alpha value is -0.830. The SMILES string of the molecule is CCC(CC)CNCCc1cn(C)nc1C. The zero-order valence-electron chi connectivity index (χ0n) is 11.1. The number of aryl methyl sites for hydroxylation is 2. The van der Waals surface area contributed by atoms with E-state index in [-0.39, 0.29) is 0 Å². The van der Waals surface area contributed by atoms with Crippen molar-refractivity contribution in [2.75, 3.05) is 13.1 Å². The molecule has 0 saturated heterocycles. The highest BCUT2D eigenvalue weighted by molar-refractivity contribution is 5.15. The van der Waals surface area contributed by atoms with Gasteiger partial charge in [0, 0.05) is 13.2 Å². The summed E-state index contributed by atoms with van der Waals surface area (Å²) in [7, 11) is 1.98. The third kappa shape index (κ3) is 3.97. The molecular formula is C13H25N3. The number of nitrogens with zero attached hydrogens (tertiary/aromatic N) is 2. The van der Waals surface area contributed by atoms with Crippen molar-refractivity contribution < 1.29 is 0 Å². The molecule has 1 aromatic heterocycles. The van der Waals surface area contributed by atoms with Crippen LogP contribution in [-0.4, -0.2) is 22.9 Å². The van der Waals surface area contributed by atoms with Gasteiger partial charge in [0.25, 0.3) is 0 Å². The first-order chi connectivity index (χ1) is 7.67. The van der Waals surface area contributed by atoms with Crippen molar-refractivity contribution in [3.63, 3.8) is 0 Å². The molecule has 0 fully saturated rings. The molecule has 1 N–H and O–H groups in total. The second-order valence-electron chi connectivity index (χ2n) is 4.55. The van der Waals surface area contributed by atoms with Gasteiger partial charge in [-0.15, -0.1) is 0 Å². The van der Waals surface area contributed by atoms with E-state index >= 15 is 0 Å². The molecule has 0 bridgehead atoms. The molecule has 0 aliphatic carbocycles. The molecule has 0 unspecified atom stereocenters. The maximum absolute atomic E-state index is 4.35. The van der Waals surface area contributed by atoms with E-state index in [1.54, 1.807) is 0 Å². The Balaban J connectivity index is 2.23. The molecule has 1 aromatic rings. The zero-order valence-corrected chi connectivity index (χ0v) is 11.1. The van der Waals surface area contributed by atoms with Crippen LogP contribution in [0.25, 0.3) is 0 Å². The van der Waals surface area contributed by atoms with E-state index in [0.717, 1.165) is 31.1 Å². The summed E-state index contributed by atoms with van der Waals surface area (Å²) >= 11 is 0. The first kappa shape index (κ1) is 13.2. The smallest absolute Gasteiger partial charge is 0.0626 e. The Kier molecular flexibility index (Phi) is 5.53. The van der Waals surface area contributed by atoms with Crippen molar-refractivity contribution in [3.8, 4) is 0 Å². The van der Waals surface area contributed by atoms with Crippen molar-refractivity contribution in [1.82, 2.24) is 15.1 Å². The summed E-state index contributed by atoms with van der Waals surface area (Å²) in [6, 6.07) is 0. The molecule has 0 aliphatic heterocycles. The van der Waals surface area contributed by atoms with Gasteiger partial charge in [-0.1, -0.05) is 26.7 Å². The van der Waals surface area contributed by atoms with Crippen molar-refractivity contribution in [3.05, 3.63) is 17.5 Å². The van der Waals surface area contributed by atoms with Gasteiger partial charge in [0.15, 0.2) is 0 Å². The van der Waals surface area contributed by atoms with Crippen molar-refractivity contribution in [1.29, 1.82) is 0 Å². The maximum Gasteiger partial charge on any atom is 0.0626 e. The van der Waals surface area contributed by atoms with Gasteiger partial charge < -0.3 is 5.32 Å². The Bertz CT molecular complexity index is 300. The van der Waals surface area contributed by atoms with Crippen LogP contribution in [0.2, 0.25) is 0 Å². The van der Waals surface area contributed by atoms with Crippen LogP contribution in [0, 0.1) is 12.8 Å². The summed E-state index contributed by atoms with van der Waals surface area (Å²) in [4.78, 5) is 0. The lowest BCUT2D eigenvalue weighted by atomic mass is 10.0. The summed E-state index contributed by atoms with van der Waals surface area (Å²) in [6.45, 7) is 8.81. The Labute approximate surface area is 99.2 Å². The normalized spacial score (nSPS) is 11.3. The summed E-state index contributed by atoms with van der Waals surface area (Å²) in [5, 5.41) is 7.88. The molecule has 0 amide bonds. The van der Waals surface area contributed by atoms with Crippen LogP contribution in [0.5, 0.6) is 0 Å². The lowest BCUT2D eigenvalue weighted by molar-refractivity contribution is 0.452. The first-order valence-electron chi connectivity index (χ1n) is 6.37. The molecule has 3 nitrogen and oxygen atoms in total. The van der Waals surface area contributed by atoms with Gasteiger partial charge in [0.1, 0.15) is 0 Å². The molecule has 3 heteroatoms. The second kappa shape index (κ2) is 6.69. The van der Waals surface area contributed by atoms with E-state index in [9.17, 15) is 0 Å². The minimum atomic E-state index is 0.829. The van der Waals surface area contributed by atoms with E-state index < -0.39 is 0 Å². The molecule has 0 atom stereocenters. The van der Waals surface area contributed by atoms with Crippen LogP contribution in [0.3, 0.4) is 0 Å². The molecule has 92 valence electrons. The molecule has 16 heavy (non-hydrogen) atoms. The van der Waals surface area contributed by atoms with Crippen molar-refractivity contribution in [2.24, 2.45) is 13.0 Å². The Morgan fingerprint density at radius 3 is 2.56 bits per heavy atom. The molecule has 0 spiro atoms. The number of aromatic nitrogens is 2. The highest BCUT2D eigenvalue weighted by Crippen LogP contribution is 2.06.